The van der Waals surface area contributed by atoms with Crippen molar-refractivity contribution in [2.45, 2.75) is 12.5 Å². The van der Waals surface area contributed by atoms with Crippen LogP contribution < -0.4 is 10.1 Å². The number of likely N-dealkylation sites (tertiary alicyclic amines) is 1. The van der Waals surface area contributed by atoms with Gasteiger partial charge in [0.2, 0.25) is 0 Å². The lowest BCUT2D eigenvalue weighted by Crippen LogP contribution is -2.29. The number of nitrogens with one attached hydrogen (secondary N) is 1. The molecule has 5 aromatic rings. The summed E-state index contributed by atoms with van der Waals surface area (Å²) in [5.41, 5.74) is 4.78. The van der Waals surface area contributed by atoms with E-state index in [4.69, 9.17) is 4.74 Å². The molecule has 0 aliphatic carbocycles. The minimum atomic E-state index is -0.620. The largest absolute Gasteiger partial charge is 0.480 e. The van der Waals surface area contributed by atoms with Crippen LogP contribution in [0.1, 0.15) is 6.42 Å². The molecule has 6 rings (SSSR count). The maximum absolute atomic E-state index is 15.2. The normalized spacial score (nSPS) is 15.9. The zero-order valence-corrected chi connectivity index (χ0v) is 19.7. The highest BCUT2D eigenvalue weighted by Crippen LogP contribution is 2.38. The summed E-state index contributed by atoms with van der Waals surface area (Å²) >= 11 is 1.24. The van der Waals surface area contributed by atoms with Gasteiger partial charge in [-0.05, 0) is 29.8 Å². The molecule has 1 fully saturated rings. The van der Waals surface area contributed by atoms with Gasteiger partial charge >= 0.3 is 0 Å². The average Bonchev–Trinajstić information content (AvgIpc) is 3.58. The lowest BCUT2D eigenvalue weighted by Gasteiger charge is -2.18. The standard InChI is InChI=1S/C24H20FN7O2S/c1-31-6-5-18(24(31)33)34-19-8-13(14-9-29-32(2)10-14)7-17-20(19)23(27-11-26-17)30-15-3-4-16-22(21(15)25)35-12-28-16/h3-4,7-12,18H,5-6H2,1-2H3,(H,26,27,30)/t18-/m1/s1. The fourth-order valence-electron chi connectivity index (χ4n) is 4.25. The number of amides is 1. The Morgan fingerprint density at radius 3 is 2.80 bits per heavy atom. The highest BCUT2D eigenvalue weighted by molar-refractivity contribution is 7.16. The molecule has 0 unspecified atom stereocenters. The van der Waals surface area contributed by atoms with Crippen LogP contribution in [0.4, 0.5) is 15.9 Å². The number of carbonyl (C=O) groups excluding carboxylic acids is 1. The number of aryl methyl sites for hydroxylation is 1. The van der Waals surface area contributed by atoms with Crippen molar-refractivity contribution < 1.29 is 13.9 Å². The van der Waals surface area contributed by atoms with Crippen molar-refractivity contribution in [1.29, 1.82) is 0 Å². The van der Waals surface area contributed by atoms with Crippen molar-refractivity contribution in [1.82, 2.24) is 29.6 Å². The maximum atomic E-state index is 15.2. The number of thiazole rings is 1. The van der Waals surface area contributed by atoms with Gasteiger partial charge in [-0.1, -0.05) is 0 Å². The molecule has 2 aromatic carbocycles. The number of anilines is 2. The smallest absolute Gasteiger partial charge is 0.263 e. The first-order chi connectivity index (χ1) is 17.0. The van der Waals surface area contributed by atoms with E-state index in [0.29, 0.717) is 45.7 Å². The molecule has 176 valence electrons. The summed E-state index contributed by atoms with van der Waals surface area (Å²) in [5, 5.41) is 7.92. The average molecular weight is 490 g/mol. The second-order valence-corrected chi connectivity index (χ2v) is 9.26. The number of halogens is 1. The van der Waals surface area contributed by atoms with Gasteiger partial charge in [-0.2, -0.15) is 5.10 Å². The molecule has 35 heavy (non-hydrogen) atoms. The van der Waals surface area contributed by atoms with E-state index in [0.717, 1.165) is 11.1 Å². The molecule has 0 radical (unpaired) electrons. The van der Waals surface area contributed by atoms with E-state index in [1.54, 1.807) is 40.5 Å². The number of hydrogen-bond acceptors (Lipinski definition) is 8. The Kier molecular flexibility index (Phi) is 5.06. The predicted molar refractivity (Wildman–Crippen MR) is 131 cm³/mol. The number of hydrogen-bond donors (Lipinski definition) is 1. The molecule has 9 nitrogen and oxygen atoms in total. The SMILES string of the molecule is CN1CC[C@@H](Oc2cc(-c3cnn(C)c3)cc3ncnc(Nc4ccc5ncsc5c4F)c23)C1=O. The summed E-state index contributed by atoms with van der Waals surface area (Å²) in [6.45, 7) is 0.616. The van der Waals surface area contributed by atoms with Crippen molar-refractivity contribution in [3.63, 3.8) is 0 Å². The van der Waals surface area contributed by atoms with Crippen molar-refractivity contribution in [2.24, 2.45) is 7.05 Å². The number of likely N-dealkylation sites (N-methyl/N-ethyl adjacent to an activating group) is 1. The van der Waals surface area contributed by atoms with E-state index in [1.807, 2.05) is 25.4 Å². The van der Waals surface area contributed by atoms with Gasteiger partial charge in [-0.3, -0.25) is 9.48 Å². The van der Waals surface area contributed by atoms with Crippen LogP contribution in [-0.2, 0) is 11.8 Å². The van der Waals surface area contributed by atoms with Gasteiger partial charge in [-0.15, -0.1) is 11.3 Å². The van der Waals surface area contributed by atoms with Crippen LogP contribution in [0.25, 0.3) is 32.2 Å². The molecule has 4 heterocycles. The molecule has 0 bridgehead atoms. The zero-order chi connectivity index (χ0) is 24.1. The van der Waals surface area contributed by atoms with Gasteiger partial charge in [-0.25, -0.2) is 19.3 Å². The highest BCUT2D eigenvalue weighted by Gasteiger charge is 2.32. The summed E-state index contributed by atoms with van der Waals surface area (Å²) in [4.78, 5) is 27.3. The lowest BCUT2D eigenvalue weighted by atomic mass is 10.1. The highest BCUT2D eigenvalue weighted by atomic mass is 32.1. The molecule has 1 N–H and O–H groups in total. The molecule has 3 aromatic heterocycles. The first-order valence-corrected chi connectivity index (χ1v) is 11.8. The minimum Gasteiger partial charge on any atom is -0.480 e. The van der Waals surface area contributed by atoms with Gasteiger partial charge in [0, 0.05) is 38.8 Å². The number of rotatable bonds is 5. The molecule has 0 spiro atoms. The molecular weight excluding hydrogens is 469 g/mol. The summed E-state index contributed by atoms with van der Waals surface area (Å²) in [7, 11) is 3.60. The number of aromatic nitrogens is 5. The molecule has 1 saturated heterocycles. The molecule has 0 saturated carbocycles. The van der Waals surface area contributed by atoms with Gasteiger partial charge in [0.05, 0.1) is 38.5 Å². The van der Waals surface area contributed by atoms with Crippen LogP contribution in [0.5, 0.6) is 5.75 Å². The van der Waals surface area contributed by atoms with E-state index in [-0.39, 0.29) is 11.6 Å². The quantitative estimate of drug-likeness (QED) is 0.396. The van der Waals surface area contributed by atoms with Gasteiger partial charge in [0.15, 0.2) is 11.9 Å². The number of carbonyl (C=O) groups is 1. The predicted octanol–water partition coefficient (Wildman–Crippen LogP) is 4.13. The molecule has 1 amide bonds. The number of nitrogens with zero attached hydrogens (tertiary/aromatic N) is 6. The Morgan fingerprint density at radius 2 is 2.03 bits per heavy atom. The zero-order valence-electron chi connectivity index (χ0n) is 18.9. The molecule has 1 atom stereocenters. The minimum absolute atomic E-state index is 0.0852. The third-order valence-corrected chi connectivity index (χ3v) is 6.91. The third kappa shape index (κ3) is 3.73. The van der Waals surface area contributed by atoms with Crippen LogP contribution in [0.2, 0.25) is 0 Å². The van der Waals surface area contributed by atoms with Crippen LogP contribution in [0, 0.1) is 5.82 Å². The summed E-state index contributed by atoms with van der Waals surface area (Å²) in [5.74, 6) is 0.332. The van der Waals surface area contributed by atoms with E-state index in [1.165, 1.54) is 17.7 Å². The molecule has 1 aliphatic heterocycles. The van der Waals surface area contributed by atoms with Crippen LogP contribution in [0.15, 0.2) is 48.5 Å². The second-order valence-electron chi connectivity index (χ2n) is 8.40. The fourth-order valence-corrected chi connectivity index (χ4v) is 4.98. The van der Waals surface area contributed by atoms with E-state index in [9.17, 15) is 4.79 Å². The first-order valence-electron chi connectivity index (χ1n) is 11.0. The monoisotopic (exact) mass is 489 g/mol. The van der Waals surface area contributed by atoms with Gasteiger partial charge in [0.25, 0.3) is 5.91 Å². The number of benzene rings is 2. The van der Waals surface area contributed by atoms with E-state index >= 15 is 4.39 Å². The third-order valence-electron chi connectivity index (χ3n) is 6.08. The number of fused-ring (bicyclic) bond motifs is 2. The van der Waals surface area contributed by atoms with Crippen molar-refractivity contribution in [3.8, 4) is 16.9 Å². The van der Waals surface area contributed by atoms with Gasteiger partial charge < -0.3 is 15.0 Å². The Morgan fingerprint density at radius 1 is 1.14 bits per heavy atom. The topological polar surface area (TPSA) is 98.1 Å². The Hall–Kier alpha value is -4.12. The molecule has 11 heteroatoms. The summed E-state index contributed by atoms with van der Waals surface area (Å²) in [6.07, 6.45) is 5.00. The van der Waals surface area contributed by atoms with Crippen LogP contribution >= 0.6 is 11.3 Å². The molecular formula is C24H20FN7O2S. The van der Waals surface area contributed by atoms with Crippen molar-refractivity contribution >= 4 is 49.9 Å². The summed E-state index contributed by atoms with van der Waals surface area (Å²) in [6, 6.07) is 7.14. The van der Waals surface area contributed by atoms with Crippen LogP contribution in [0.3, 0.4) is 0 Å². The van der Waals surface area contributed by atoms with Crippen molar-refractivity contribution in [3.05, 3.63) is 54.3 Å². The number of ether oxygens (including phenoxy) is 1. The summed E-state index contributed by atoms with van der Waals surface area (Å²) < 4.78 is 23.6. The molecule has 1 aliphatic rings. The Labute approximate surface area is 203 Å². The van der Waals surface area contributed by atoms with Crippen LogP contribution in [-0.4, -0.2) is 55.2 Å². The Balaban J connectivity index is 1.49. The first kappa shape index (κ1) is 21.4. The maximum Gasteiger partial charge on any atom is 0.263 e. The Bertz CT molecular complexity index is 1600. The van der Waals surface area contributed by atoms with E-state index in [2.05, 4.69) is 25.4 Å². The van der Waals surface area contributed by atoms with Crippen molar-refractivity contribution in [2.75, 3.05) is 18.9 Å². The fraction of sp³-hybridized carbons (Fsp3) is 0.208. The lowest BCUT2D eigenvalue weighted by molar-refractivity contribution is -0.132. The second kappa shape index (κ2) is 8.27. The van der Waals surface area contributed by atoms with E-state index < -0.39 is 11.9 Å². The van der Waals surface area contributed by atoms with Gasteiger partial charge in [0.1, 0.15) is 17.9 Å².